The summed E-state index contributed by atoms with van der Waals surface area (Å²) in [5, 5.41) is 2.97. The van der Waals surface area contributed by atoms with Crippen LogP contribution in [0.5, 0.6) is 5.75 Å². The highest BCUT2D eigenvalue weighted by Crippen LogP contribution is 2.65. The van der Waals surface area contributed by atoms with Crippen molar-refractivity contribution in [3.63, 3.8) is 0 Å². The molecule has 3 saturated carbocycles. The van der Waals surface area contributed by atoms with Crippen molar-refractivity contribution < 1.29 is 42.7 Å². The molecule has 1 aromatic rings. The van der Waals surface area contributed by atoms with E-state index in [-0.39, 0.29) is 48.0 Å². The SMILES string of the molecule is COc1c(CC(NC(=O)CCC(N)=O)B2OC3CC4CC(C4(C)C)C3(C)O2)cccc1C(=O)OCOC(=O)C(C)(C)C. The second kappa shape index (κ2) is 11.9. The topological polar surface area (TPSA) is 152 Å². The van der Waals surface area contributed by atoms with E-state index in [1.54, 1.807) is 39.0 Å². The zero-order valence-electron chi connectivity index (χ0n) is 25.6. The molecule has 5 rings (SSSR count). The molecule has 5 atom stereocenters. The highest BCUT2D eigenvalue weighted by Gasteiger charge is 2.68. The van der Waals surface area contributed by atoms with Crippen LogP contribution in [-0.4, -0.2) is 62.4 Å². The van der Waals surface area contributed by atoms with Crippen LogP contribution in [0.3, 0.4) is 0 Å². The summed E-state index contributed by atoms with van der Waals surface area (Å²) in [7, 11) is 0.674. The van der Waals surface area contributed by atoms with E-state index in [9.17, 15) is 19.2 Å². The van der Waals surface area contributed by atoms with Gasteiger partial charge in [-0.1, -0.05) is 26.0 Å². The molecule has 4 fully saturated rings. The maximum absolute atomic E-state index is 12.9. The normalized spacial score (nSPS) is 26.4. The monoisotopic (exact) mass is 586 g/mol. The molecular weight excluding hydrogens is 543 g/mol. The third-order valence-corrected chi connectivity index (χ3v) is 9.20. The third kappa shape index (κ3) is 6.29. The number of benzene rings is 1. The maximum atomic E-state index is 12.9. The van der Waals surface area contributed by atoms with E-state index < -0.39 is 48.7 Å². The molecule has 1 aliphatic heterocycles. The molecule has 1 saturated heterocycles. The Morgan fingerprint density at radius 1 is 1.12 bits per heavy atom. The number of carbonyl (C=O) groups is 4. The molecule has 4 aliphatic rings. The van der Waals surface area contributed by atoms with Gasteiger partial charge in [0.25, 0.3) is 0 Å². The first-order valence-electron chi connectivity index (χ1n) is 14.5. The average Bonchev–Trinajstić information content (AvgIpc) is 3.27. The van der Waals surface area contributed by atoms with Gasteiger partial charge < -0.3 is 34.6 Å². The predicted octanol–water partition coefficient (Wildman–Crippen LogP) is 2.96. The van der Waals surface area contributed by atoms with Crippen molar-refractivity contribution >= 4 is 30.9 Å². The van der Waals surface area contributed by atoms with Gasteiger partial charge in [0.05, 0.1) is 30.2 Å². The number of rotatable bonds is 11. The molecule has 3 N–H and O–H groups in total. The summed E-state index contributed by atoms with van der Waals surface area (Å²) in [5.41, 5.74) is 4.90. The minimum Gasteiger partial charge on any atom is -0.496 e. The molecule has 0 spiro atoms. The van der Waals surface area contributed by atoms with Crippen molar-refractivity contribution in [2.45, 2.75) is 91.3 Å². The number of nitrogens with one attached hydrogen (secondary N) is 1. The van der Waals surface area contributed by atoms with Crippen molar-refractivity contribution in [1.82, 2.24) is 5.32 Å². The summed E-state index contributed by atoms with van der Waals surface area (Å²) >= 11 is 0. The maximum Gasteiger partial charge on any atom is 0.482 e. The van der Waals surface area contributed by atoms with Crippen LogP contribution in [0.25, 0.3) is 0 Å². The van der Waals surface area contributed by atoms with E-state index in [1.165, 1.54) is 7.11 Å². The van der Waals surface area contributed by atoms with Gasteiger partial charge in [-0.3, -0.25) is 14.4 Å². The summed E-state index contributed by atoms with van der Waals surface area (Å²) in [6, 6.07) is 5.00. The average molecular weight is 586 g/mol. The van der Waals surface area contributed by atoms with Crippen molar-refractivity contribution in [3.05, 3.63) is 29.3 Å². The van der Waals surface area contributed by atoms with Crippen molar-refractivity contribution in [1.29, 1.82) is 0 Å². The van der Waals surface area contributed by atoms with Gasteiger partial charge in [-0.25, -0.2) is 4.79 Å². The first-order valence-corrected chi connectivity index (χ1v) is 14.5. The number of hydrogen-bond acceptors (Lipinski definition) is 9. The lowest BCUT2D eigenvalue weighted by molar-refractivity contribution is -0.199. The van der Waals surface area contributed by atoms with Crippen LogP contribution in [0, 0.1) is 22.7 Å². The summed E-state index contributed by atoms with van der Waals surface area (Å²) in [4.78, 5) is 49.1. The fourth-order valence-electron chi connectivity index (χ4n) is 6.62. The Labute approximate surface area is 247 Å². The number of hydrogen-bond donors (Lipinski definition) is 2. The number of nitrogens with two attached hydrogens (primary N) is 1. The van der Waals surface area contributed by atoms with Gasteiger partial charge in [0.2, 0.25) is 18.6 Å². The fourth-order valence-corrected chi connectivity index (χ4v) is 6.62. The Kier molecular flexibility index (Phi) is 8.99. The molecule has 42 heavy (non-hydrogen) atoms. The molecule has 12 heteroatoms. The fraction of sp³-hybridized carbons (Fsp3) is 0.667. The van der Waals surface area contributed by atoms with Crippen LogP contribution in [0.1, 0.15) is 83.1 Å². The van der Waals surface area contributed by atoms with Gasteiger partial charge in [-0.05, 0) is 75.8 Å². The lowest BCUT2D eigenvalue weighted by Gasteiger charge is -2.64. The standard InChI is InChI=1S/C30H43BN2O9/c1-28(2,3)27(37)40-16-39-26(36)19-10-8-9-17(25(19)38-7)13-22(33-24(35)12-11-23(32)34)31-41-21-15-18-14-20(29(18,4)5)30(21,6)42-31/h8-10,18,20-22H,11-16H2,1-7H3,(H2,32,34)(H,33,35). The summed E-state index contributed by atoms with van der Waals surface area (Å²) in [6.07, 6.45) is 1.89. The molecule has 2 amide bonds. The molecule has 1 aromatic carbocycles. The Balaban J connectivity index is 1.54. The van der Waals surface area contributed by atoms with Gasteiger partial charge >= 0.3 is 19.1 Å². The summed E-state index contributed by atoms with van der Waals surface area (Å²) < 4.78 is 29.0. The molecule has 5 unspecified atom stereocenters. The van der Waals surface area contributed by atoms with Gasteiger partial charge in [0.1, 0.15) is 11.3 Å². The molecule has 2 bridgehead atoms. The van der Waals surface area contributed by atoms with Gasteiger partial charge in [0, 0.05) is 12.8 Å². The Bertz CT molecular complexity index is 1230. The second-order valence-corrected chi connectivity index (χ2v) is 13.4. The molecule has 11 nitrogen and oxygen atoms in total. The first kappa shape index (κ1) is 31.8. The predicted molar refractivity (Wildman–Crippen MR) is 153 cm³/mol. The molecule has 0 radical (unpaired) electrons. The number of carbonyl (C=O) groups excluding carboxylic acids is 4. The van der Waals surface area contributed by atoms with Gasteiger partial charge in [-0.15, -0.1) is 0 Å². The molecule has 230 valence electrons. The largest absolute Gasteiger partial charge is 0.496 e. The molecular formula is C30H43BN2O9. The zero-order valence-corrected chi connectivity index (χ0v) is 25.6. The number of para-hydroxylation sites is 1. The van der Waals surface area contributed by atoms with Crippen LogP contribution in [0.15, 0.2) is 18.2 Å². The van der Waals surface area contributed by atoms with Crippen LogP contribution in [-0.2, 0) is 39.6 Å². The number of methoxy groups -OCH3 is 1. The van der Waals surface area contributed by atoms with Gasteiger partial charge in [0.15, 0.2) is 0 Å². The van der Waals surface area contributed by atoms with E-state index in [0.29, 0.717) is 17.4 Å². The number of amides is 2. The summed E-state index contributed by atoms with van der Waals surface area (Å²) in [5.74, 6) is -1.69. The van der Waals surface area contributed by atoms with Gasteiger partial charge in [-0.2, -0.15) is 0 Å². The highest BCUT2D eigenvalue weighted by atomic mass is 16.7. The van der Waals surface area contributed by atoms with E-state index in [2.05, 4.69) is 26.1 Å². The molecule has 0 aromatic heterocycles. The minimum atomic E-state index is -0.759. The number of ether oxygens (including phenoxy) is 3. The van der Waals surface area contributed by atoms with Crippen molar-refractivity contribution in [2.24, 2.45) is 28.4 Å². The zero-order chi connectivity index (χ0) is 31.0. The smallest absolute Gasteiger partial charge is 0.482 e. The number of primary amides is 1. The Morgan fingerprint density at radius 3 is 2.45 bits per heavy atom. The van der Waals surface area contributed by atoms with E-state index in [4.69, 9.17) is 29.3 Å². The highest BCUT2D eigenvalue weighted by molar-refractivity contribution is 6.48. The Hall–Kier alpha value is -3.12. The van der Waals surface area contributed by atoms with E-state index in [0.717, 1.165) is 12.8 Å². The third-order valence-electron chi connectivity index (χ3n) is 9.20. The quantitative estimate of drug-likeness (QED) is 0.226. The lowest BCUT2D eigenvalue weighted by Crippen LogP contribution is -2.65. The number of esters is 2. The first-order chi connectivity index (χ1) is 19.6. The lowest BCUT2D eigenvalue weighted by atomic mass is 9.43. The Morgan fingerprint density at radius 2 is 1.83 bits per heavy atom. The van der Waals surface area contributed by atoms with Crippen LogP contribution in [0.4, 0.5) is 0 Å². The van der Waals surface area contributed by atoms with E-state index >= 15 is 0 Å². The van der Waals surface area contributed by atoms with Crippen LogP contribution >= 0.6 is 0 Å². The minimum absolute atomic E-state index is 0.0756. The second-order valence-electron chi connectivity index (χ2n) is 13.4. The van der Waals surface area contributed by atoms with E-state index in [1.807, 2.05) is 0 Å². The van der Waals surface area contributed by atoms with Crippen molar-refractivity contribution in [2.75, 3.05) is 13.9 Å². The van der Waals surface area contributed by atoms with Crippen LogP contribution in [0.2, 0.25) is 0 Å². The van der Waals surface area contributed by atoms with Crippen LogP contribution < -0.4 is 15.8 Å². The summed E-state index contributed by atoms with van der Waals surface area (Å²) in [6.45, 7) is 11.2. The van der Waals surface area contributed by atoms with Crippen molar-refractivity contribution in [3.8, 4) is 5.75 Å². The molecule has 1 heterocycles. The molecule has 3 aliphatic carbocycles.